The number of anilines is 1. The quantitative estimate of drug-likeness (QED) is 0.360. The van der Waals surface area contributed by atoms with Gasteiger partial charge in [-0.15, -0.1) is 0 Å². The normalized spacial score (nSPS) is 15.3. The van der Waals surface area contributed by atoms with Gasteiger partial charge in [0, 0.05) is 32.2 Å². The van der Waals surface area contributed by atoms with Crippen molar-refractivity contribution in [3.8, 4) is 0 Å². The molecule has 0 atom stereocenters. The van der Waals surface area contributed by atoms with E-state index in [-0.39, 0.29) is 55.5 Å². The first-order valence-corrected chi connectivity index (χ1v) is 9.93. The van der Waals surface area contributed by atoms with E-state index in [1.807, 2.05) is 0 Å². The number of nitrogens with zero attached hydrogens (tertiary/aromatic N) is 3. The molecule has 0 aromatic heterocycles. The van der Waals surface area contributed by atoms with Crippen LogP contribution in [0.2, 0.25) is 0 Å². The van der Waals surface area contributed by atoms with E-state index in [1.54, 1.807) is 11.8 Å². The van der Waals surface area contributed by atoms with Crippen LogP contribution < -0.4 is 4.90 Å². The van der Waals surface area contributed by atoms with Crippen LogP contribution in [-0.4, -0.2) is 70.1 Å². The Morgan fingerprint density at radius 1 is 1.37 bits per heavy atom. The Balaban J connectivity index is 2.35. The van der Waals surface area contributed by atoms with Crippen molar-refractivity contribution in [2.75, 3.05) is 51.4 Å². The van der Waals surface area contributed by atoms with E-state index >= 15 is 0 Å². The summed E-state index contributed by atoms with van der Waals surface area (Å²) in [5.74, 6) is -0.428. The lowest BCUT2D eigenvalue weighted by Gasteiger charge is -2.26. The van der Waals surface area contributed by atoms with Crippen molar-refractivity contribution in [3.63, 3.8) is 0 Å². The Morgan fingerprint density at radius 3 is 2.59 bits per heavy atom. The number of ether oxygens (including phenoxy) is 2. The van der Waals surface area contributed by atoms with Crippen molar-refractivity contribution in [1.82, 2.24) is 4.31 Å². The summed E-state index contributed by atoms with van der Waals surface area (Å²) in [5, 5.41) is 11.6. The zero-order chi connectivity index (χ0) is 20.0. The lowest BCUT2D eigenvalue weighted by Crippen LogP contribution is -2.40. The number of benzene rings is 1. The van der Waals surface area contributed by atoms with Crippen LogP contribution in [0.3, 0.4) is 0 Å². The van der Waals surface area contributed by atoms with Gasteiger partial charge >= 0.3 is 5.97 Å². The Kier molecular flexibility index (Phi) is 7.11. The second-order valence-corrected chi connectivity index (χ2v) is 7.77. The molecule has 1 fully saturated rings. The third-order valence-electron chi connectivity index (χ3n) is 4.29. The number of sulfonamides is 1. The molecule has 0 saturated carbocycles. The van der Waals surface area contributed by atoms with Gasteiger partial charge in [-0.1, -0.05) is 0 Å². The predicted octanol–water partition coefficient (Wildman–Crippen LogP) is 1.01. The molecular weight excluding hydrogens is 378 g/mol. The van der Waals surface area contributed by atoms with Crippen LogP contribution in [0, 0.1) is 10.1 Å². The maximum atomic E-state index is 12.7. The Morgan fingerprint density at radius 2 is 2.04 bits per heavy atom. The van der Waals surface area contributed by atoms with Crippen LogP contribution in [0.4, 0.5) is 11.4 Å². The number of rotatable bonds is 8. The molecule has 0 unspecified atom stereocenters. The minimum absolute atomic E-state index is 0.0648. The van der Waals surface area contributed by atoms with Crippen molar-refractivity contribution >= 4 is 27.4 Å². The van der Waals surface area contributed by atoms with Gasteiger partial charge in [-0.3, -0.25) is 14.9 Å². The molecule has 0 bridgehead atoms. The highest BCUT2D eigenvalue weighted by Gasteiger charge is 2.29. The van der Waals surface area contributed by atoms with E-state index in [1.165, 1.54) is 23.5 Å². The van der Waals surface area contributed by atoms with Crippen LogP contribution in [0.5, 0.6) is 0 Å². The molecule has 0 radical (unpaired) electrons. The maximum Gasteiger partial charge on any atom is 0.307 e. The van der Waals surface area contributed by atoms with E-state index < -0.39 is 20.9 Å². The van der Waals surface area contributed by atoms with Crippen LogP contribution >= 0.6 is 0 Å². The number of nitro groups is 1. The number of methoxy groups -OCH3 is 1. The minimum atomic E-state index is -3.84. The monoisotopic (exact) mass is 401 g/mol. The largest absolute Gasteiger partial charge is 0.469 e. The second kappa shape index (κ2) is 9.11. The van der Waals surface area contributed by atoms with Crippen molar-refractivity contribution in [3.05, 3.63) is 28.3 Å². The van der Waals surface area contributed by atoms with E-state index in [4.69, 9.17) is 4.74 Å². The van der Waals surface area contributed by atoms with Crippen LogP contribution in [-0.2, 0) is 24.3 Å². The Bertz CT molecular complexity index is 791. The first-order valence-electron chi connectivity index (χ1n) is 8.49. The molecule has 0 spiro atoms. The highest BCUT2D eigenvalue weighted by Crippen LogP contribution is 2.32. The summed E-state index contributed by atoms with van der Waals surface area (Å²) in [6.07, 6.45) is 0.0648. The fraction of sp³-hybridized carbons (Fsp3) is 0.562. The van der Waals surface area contributed by atoms with Gasteiger partial charge in [0.05, 0.1) is 36.6 Å². The van der Waals surface area contributed by atoms with Gasteiger partial charge in [-0.2, -0.15) is 4.31 Å². The van der Waals surface area contributed by atoms with Crippen molar-refractivity contribution < 1.29 is 27.6 Å². The standard InChI is InChI=1S/C16H23N3O7S/c1-3-17(7-6-16(20)25-2)14-5-4-13(12-15(14)19(21)22)27(23,24)18-8-10-26-11-9-18/h4-5,12H,3,6-11H2,1-2H3. The average Bonchev–Trinajstić information content (AvgIpc) is 2.68. The summed E-state index contributed by atoms with van der Waals surface area (Å²) in [4.78, 5) is 23.8. The SMILES string of the molecule is CCN(CCC(=O)OC)c1ccc(S(=O)(=O)N2CCOCC2)cc1[N+](=O)[O-]. The number of hydrogen-bond donors (Lipinski definition) is 0. The van der Waals surface area contributed by atoms with Gasteiger partial charge in [0.1, 0.15) is 5.69 Å². The highest BCUT2D eigenvalue weighted by molar-refractivity contribution is 7.89. The molecule has 1 aromatic rings. The van der Waals surface area contributed by atoms with Crippen LogP contribution in [0.25, 0.3) is 0 Å². The summed E-state index contributed by atoms with van der Waals surface area (Å²) in [6.45, 7) is 3.41. The fourth-order valence-corrected chi connectivity index (χ4v) is 4.22. The molecule has 10 nitrogen and oxygen atoms in total. The molecule has 2 rings (SSSR count). The molecule has 0 aliphatic carbocycles. The molecule has 0 amide bonds. The Labute approximate surface area is 157 Å². The van der Waals surface area contributed by atoms with Gasteiger partial charge < -0.3 is 14.4 Å². The van der Waals surface area contributed by atoms with Crippen LogP contribution in [0.15, 0.2) is 23.1 Å². The molecule has 0 N–H and O–H groups in total. The van der Waals surface area contributed by atoms with E-state index in [2.05, 4.69) is 4.74 Å². The molecule has 1 aliphatic heterocycles. The van der Waals surface area contributed by atoms with E-state index in [0.717, 1.165) is 6.07 Å². The predicted molar refractivity (Wildman–Crippen MR) is 97.2 cm³/mol. The first-order chi connectivity index (χ1) is 12.8. The molecule has 1 aromatic carbocycles. The second-order valence-electron chi connectivity index (χ2n) is 5.83. The van der Waals surface area contributed by atoms with Gasteiger partial charge in [0.25, 0.3) is 5.69 Å². The van der Waals surface area contributed by atoms with Gasteiger partial charge in [-0.25, -0.2) is 8.42 Å². The number of hydrogen-bond acceptors (Lipinski definition) is 8. The molecule has 27 heavy (non-hydrogen) atoms. The van der Waals surface area contributed by atoms with Crippen molar-refractivity contribution in [2.45, 2.75) is 18.2 Å². The number of esters is 1. The average molecular weight is 401 g/mol. The van der Waals surface area contributed by atoms with Gasteiger partial charge in [-0.05, 0) is 19.1 Å². The summed E-state index contributed by atoms with van der Waals surface area (Å²) in [6, 6.07) is 3.83. The van der Waals surface area contributed by atoms with Crippen molar-refractivity contribution in [1.29, 1.82) is 0 Å². The smallest absolute Gasteiger partial charge is 0.307 e. The molecule has 1 saturated heterocycles. The van der Waals surface area contributed by atoms with Gasteiger partial charge in [0.15, 0.2) is 0 Å². The lowest BCUT2D eigenvalue weighted by atomic mass is 10.2. The lowest BCUT2D eigenvalue weighted by molar-refractivity contribution is -0.384. The summed E-state index contributed by atoms with van der Waals surface area (Å²) in [7, 11) is -2.57. The summed E-state index contributed by atoms with van der Waals surface area (Å²) in [5.41, 5.74) is -0.0663. The van der Waals surface area contributed by atoms with Crippen LogP contribution in [0.1, 0.15) is 13.3 Å². The van der Waals surface area contributed by atoms with E-state index in [9.17, 15) is 23.3 Å². The zero-order valence-corrected chi connectivity index (χ0v) is 16.1. The summed E-state index contributed by atoms with van der Waals surface area (Å²) >= 11 is 0. The first kappa shape index (κ1) is 21.1. The third kappa shape index (κ3) is 4.93. The topological polar surface area (TPSA) is 119 Å². The van der Waals surface area contributed by atoms with Gasteiger partial charge in [0.2, 0.25) is 10.0 Å². The molecule has 1 aliphatic rings. The number of nitro benzene ring substituents is 1. The number of carbonyl (C=O) groups is 1. The zero-order valence-electron chi connectivity index (χ0n) is 15.3. The third-order valence-corrected chi connectivity index (χ3v) is 6.18. The minimum Gasteiger partial charge on any atom is -0.469 e. The Hall–Kier alpha value is -2.24. The maximum absolute atomic E-state index is 12.7. The molecular formula is C16H23N3O7S. The molecule has 11 heteroatoms. The number of carbonyl (C=O) groups excluding carboxylic acids is 1. The highest BCUT2D eigenvalue weighted by atomic mass is 32.2. The molecule has 1 heterocycles. The molecule has 150 valence electrons. The van der Waals surface area contributed by atoms with Crippen molar-refractivity contribution in [2.24, 2.45) is 0 Å². The fourth-order valence-electron chi connectivity index (χ4n) is 2.79. The van der Waals surface area contributed by atoms with E-state index in [0.29, 0.717) is 6.54 Å². The number of morpholine rings is 1. The summed E-state index contributed by atoms with van der Waals surface area (Å²) < 4.78 is 36.5.